The van der Waals surface area contributed by atoms with E-state index in [0.29, 0.717) is 52.5 Å². The van der Waals surface area contributed by atoms with Crippen molar-refractivity contribution in [2.75, 3.05) is 77.8 Å². The maximum atomic E-state index is 12.6. The molecule has 5 rings (SSSR count). The first-order chi connectivity index (χ1) is 26.9. The van der Waals surface area contributed by atoms with Crippen LogP contribution in [0, 0.1) is 0 Å². The van der Waals surface area contributed by atoms with E-state index in [0.717, 1.165) is 19.4 Å². The molecule has 2 aromatic rings. The maximum absolute atomic E-state index is 12.6. The molecule has 2 aromatic carbocycles. The number of fused-ring (bicyclic) bond motifs is 2. The molecule has 0 aliphatic carbocycles. The molecular weight excluding hydrogens is 716 g/mol. The molecular formula is C43H63N4O9+. The van der Waals surface area contributed by atoms with E-state index in [9.17, 15) is 25.2 Å². The number of carbonyl (C=O) groups excluding carboxylic acids is 1. The lowest BCUT2D eigenvalue weighted by Gasteiger charge is -2.39. The summed E-state index contributed by atoms with van der Waals surface area (Å²) >= 11 is 0. The lowest BCUT2D eigenvalue weighted by atomic mass is 9.81. The van der Waals surface area contributed by atoms with Crippen molar-refractivity contribution in [1.29, 1.82) is 0 Å². The minimum atomic E-state index is -1.46. The third-order valence-electron chi connectivity index (χ3n) is 11.1. The number of nitrogens with zero attached hydrogens (tertiary/aromatic N) is 2. The Bertz CT molecular complexity index is 1690. The van der Waals surface area contributed by atoms with Crippen molar-refractivity contribution in [2.45, 2.75) is 88.5 Å². The molecule has 1 amide bonds. The fourth-order valence-electron chi connectivity index (χ4n) is 7.86. The summed E-state index contributed by atoms with van der Waals surface area (Å²) in [7, 11) is 2.15. The average molecular weight is 780 g/mol. The standard InChI is InChI=1S/C43H62N4O9/c1-42(2)30-13-6-8-15-32(30)46(5)35(42)17-12-18-36-43(3,4)31-14-7-9-16-33(31)47(36)23-11-10-19-37(49)45-22-25-54-28-27-53-24-20-44-21-26-55-41-40(52)39(51)38(50)34(29-48)56-41/h6-9,12-18,34,38-41,44,48,50-52H,10-11,19-29H2,1-5H3/p+1. The number of allylic oxidation sites excluding steroid dienone is 4. The molecule has 3 aliphatic heterocycles. The largest absolute Gasteiger partial charge is 0.394 e. The van der Waals surface area contributed by atoms with Crippen molar-refractivity contribution in [3.63, 3.8) is 0 Å². The number of para-hydroxylation sites is 2. The molecule has 0 bridgehead atoms. The fraction of sp³-hybridized carbons (Fsp3) is 0.581. The van der Waals surface area contributed by atoms with Gasteiger partial charge in [-0.1, -0.05) is 56.3 Å². The Labute approximate surface area is 331 Å². The van der Waals surface area contributed by atoms with Gasteiger partial charge in [0.15, 0.2) is 12.0 Å². The molecule has 3 heterocycles. The van der Waals surface area contributed by atoms with E-state index >= 15 is 0 Å². The zero-order valence-corrected chi connectivity index (χ0v) is 33.7. The highest BCUT2D eigenvalue weighted by Gasteiger charge is 2.45. The number of benzene rings is 2. The Kier molecular flexibility index (Phi) is 15.8. The Morgan fingerprint density at radius 3 is 2.27 bits per heavy atom. The van der Waals surface area contributed by atoms with E-state index in [4.69, 9.17) is 18.9 Å². The van der Waals surface area contributed by atoms with Crippen LogP contribution in [0.25, 0.3) is 0 Å². The number of amides is 1. The van der Waals surface area contributed by atoms with Gasteiger partial charge < -0.3 is 54.9 Å². The molecule has 6 N–H and O–H groups in total. The Balaban J connectivity index is 0.943. The van der Waals surface area contributed by atoms with Crippen LogP contribution in [0.3, 0.4) is 0 Å². The molecule has 0 saturated carbocycles. The average Bonchev–Trinajstić information content (AvgIpc) is 3.52. The molecule has 0 radical (unpaired) electrons. The van der Waals surface area contributed by atoms with E-state index < -0.39 is 37.3 Å². The summed E-state index contributed by atoms with van der Waals surface area (Å²) in [6.07, 6.45) is 2.43. The first kappa shape index (κ1) is 43.6. The van der Waals surface area contributed by atoms with Crippen LogP contribution in [-0.2, 0) is 34.6 Å². The second-order valence-electron chi connectivity index (χ2n) is 15.6. The summed E-state index contributed by atoms with van der Waals surface area (Å²) in [5.74, 6) is 0.0219. The van der Waals surface area contributed by atoms with Crippen molar-refractivity contribution >= 4 is 23.0 Å². The van der Waals surface area contributed by atoms with Gasteiger partial charge in [-0.3, -0.25) is 4.79 Å². The molecule has 1 saturated heterocycles. The monoisotopic (exact) mass is 779 g/mol. The van der Waals surface area contributed by atoms with E-state index in [1.165, 1.54) is 33.9 Å². The number of rotatable bonds is 21. The minimum Gasteiger partial charge on any atom is -0.394 e. The first-order valence-electron chi connectivity index (χ1n) is 19.9. The van der Waals surface area contributed by atoms with E-state index in [1.807, 2.05) is 0 Å². The van der Waals surface area contributed by atoms with Crippen LogP contribution in [0.5, 0.6) is 0 Å². The number of unbranched alkanes of at least 4 members (excludes halogenated alkanes) is 1. The normalized spacial score (nSPS) is 24.6. The van der Waals surface area contributed by atoms with Gasteiger partial charge in [0.05, 0.1) is 45.1 Å². The second kappa shape index (κ2) is 20.3. The lowest BCUT2D eigenvalue weighted by molar-refractivity contribution is -0.401. The van der Waals surface area contributed by atoms with Crippen LogP contribution in [0.2, 0.25) is 0 Å². The van der Waals surface area contributed by atoms with Crippen LogP contribution in [-0.4, -0.2) is 140 Å². The zero-order valence-electron chi connectivity index (χ0n) is 33.7. The SMILES string of the molecule is C[N+]1=C(/C=C/C=C2/N(CCCCC(=O)NCCOCCOCCNCCOC3OC(CO)C(O)C(O)C3O)c3ccccc3C2(C)C)C(C)(C)c2ccccc21. The number of ether oxygens (including phenoxy) is 4. The molecule has 5 atom stereocenters. The van der Waals surface area contributed by atoms with Crippen LogP contribution in [0.4, 0.5) is 11.4 Å². The van der Waals surface area contributed by atoms with Crippen molar-refractivity contribution in [2.24, 2.45) is 0 Å². The summed E-state index contributed by atoms with van der Waals surface area (Å²) in [5, 5.41) is 45.0. The fourth-order valence-corrected chi connectivity index (χ4v) is 7.86. The van der Waals surface area contributed by atoms with Crippen LogP contribution < -0.4 is 15.5 Å². The Morgan fingerprint density at radius 2 is 1.54 bits per heavy atom. The summed E-state index contributed by atoms with van der Waals surface area (Å²) < 4.78 is 24.2. The van der Waals surface area contributed by atoms with Gasteiger partial charge in [-0.2, -0.15) is 4.58 Å². The van der Waals surface area contributed by atoms with E-state index in [-0.39, 0.29) is 23.3 Å². The van der Waals surface area contributed by atoms with Crippen molar-refractivity contribution in [1.82, 2.24) is 10.6 Å². The number of aliphatic hydroxyl groups is 4. The van der Waals surface area contributed by atoms with Crippen molar-refractivity contribution in [3.8, 4) is 0 Å². The molecule has 308 valence electrons. The van der Waals surface area contributed by atoms with Gasteiger partial charge in [0.1, 0.15) is 31.5 Å². The Hall–Kier alpha value is -3.50. The highest BCUT2D eigenvalue weighted by molar-refractivity contribution is 6.03. The molecule has 5 unspecified atom stereocenters. The molecule has 0 spiro atoms. The third kappa shape index (κ3) is 10.3. The summed E-state index contributed by atoms with van der Waals surface area (Å²) in [6.45, 7) is 12.8. The number of nitrogens with one attached hydrogen (secondary N) is 2. The number of hydrogen-bond donors (Lipinski definition) is 6. The summed E-state index contributed by atoms with van der Waals surface area (Å²) in [6, 6.07) is 17.3. The number of carbonyl (C=O) groups is 1. The van der Waals surface area contributed by atoms with Gasteiger partial charge in [-0.05, 0) is 44.4 Å². The number of hydrogen-bond acceptors (Lipinski definition) is 11. The van der Waals surface area contributed by atoms with E-state index in [2.05, 4.69) is 122 Å². The molecule has 13 nitrogen and oxygen atoms in total. The van der Waals surface area contributed by atoms with Crippen molar-refractivity contribution in [3.05, 3.63) is 83.6 Å². The molecule has 56 heavy (non-hydrogen) atoms. The van der Waals surface area contributed by atoms with Gasteiger partial charge in [-0.25, -0.2) is 0 Å². The highest BCUT2D eigenvalue weighted by atomic mass is 16.7. The third-order valence-corrected chi connectivity index (χ3v) is 11.1. The van der Waals surface area contributed by atoms with Gasteiger partial charge in [0.25, 0.3) is 0 Å². The zero-order chi connectivity index (χ0) is 40.3. The van der Waals surface area contributed by atoms with Gasteiger partial charge in [-0.15, -0.1) is 0 Å². The second-order valence-corrected chi connectivity index (χ2v) is 15.6. The molecule has 3 aliphatic rings. The van der Waals surface area contributed by atoms with E-state index in [1.54, 1.807) is 0 Å². The topological polar surface area (TPSA) is 165 Å². The smallest absolute Gasteiger partial charge is 0.220 e. The molecule has 0 aromatic heterocycles. The van der Waals surface area contributed by atoms with Crippen LogP contribution in [0.15, 0.2) is 72.5 Å². The Morgan fingerprint density at radius 1 is 0.857 bits per heavy atom. The van der Waals surface area contributed by atoms with Crippen LogP contribution >= 0.6 is 0 Å². The lowest BCUT2D eigenvalue weighted by Crippen LogP contribution is -2.59. The summed E-state index contributed by atoms with van der Waals surface area (Å²) in [4.78, 5) is 15.0. The minimum absolute atomic E-state index is 0.0219. The highest BCUT2D eigenvalue weighted by Crippen LogP contribution is 2.48. The van der Waals surface area contributed by atoms with Crippen LogP contribution in [0.1, 0.15) is 58.1 Å². The first-order valence-corrected chi connectivity index (χ1v) is 19.9. The molecule has 1 fully saturated rings. The number of aliphatic hydroxyl groups excluding tert-OH is 4. The quantitative estimate of drug-likeness (QED) is 0.0816. The predicted octanol–water partition coefficient (Wildman–Crippen LogP) is 2.66. The summed E-state index contributed by atoms with van der Waals surface area (Å²) in [5.41, 5.74) is 7.44. The van der Waals surface area contributed by atoms with Gasteiger partial charge in [0, 0.05) is 67.1 Å². The predicted molar refractivity (Wildman–Crippen MR) is 215 cm³/mol. The number of anilines is 1. The van der Waals surface area contributed by atoms with Crippen molar-refractivity contribution < 1.29 is 48.7 Å². The maximum Gasteiger partial charge on any atom is 0.220 e. The molecule has 13 heteroatoms. The van der Waals surface area contributed by atoms with Gasteiger partial charge >= 0.3 is 0 Å². The van der Waals surface area contributed by atoms with Gasteiger partial charge in [0.2, 0.25) is 11.6 Å².